The van der Waals surface area contributed by atoms with Gasteiger partial charge in [-0.05, 0) is 31.2 Å². The average molecular weight is 391 g/mol. The zero-order valence-corrected chi connectivity index (χ0v) is 15.7. The number of rotatable bonds is 3. The Bertz CT molecular complexity index is 1240. The van der Waals surface area contributed by atoms with Crippen LogP contribution in [0.5, 0.6) is 11.5 Å². The zero-order chi connectivity index (χ0) is 19.3. The lowest BCUT2D eigenvalue weighted by Gasteiger charge is -2.18. The van der Waals surface area contributed by atoms with Gasteiger partial charge in [-0.15, -0.1) is 0 Å². The molecule has 5 rings (SSSR count). The first kappa shape index (κ1) is 16.8. The molecule has 0 atom stereocenters. The van der Waals surface area contributed by atoms with Crippen molar-refractivity contribution in [2.45, 2.75) is 6.92 Å². The first-order chi connectivity index (χ1) is 13.7. The normalized spacial score (nSPS) is 13.7. The molecule has 1 aromatic heterocycles. The van der Waals surface area contributed by atoms with Gasteiger partial charge in [0.1, 0.15) is 17.0 Å². The van der Waals surface area contributed by atoms with Crippen molar-refractivity contribution in [1.82, 2.24) is 5.16 Å². The Kier molecular flexibility index (Phi) is 3.84. The predicted octanol–water partition coefficient (Wildman–Crippen LogP) is 5.74. The Hall–Kier alpha value is -3.31. The molecule has 0 bridgehead atoms. The van der Waals surface area contributed by atoms with Gasteiger partial charge in [0.25, 0.3) is 0 Å². The summed E-state index contributed by atoms with van der Waals surface area (Å²) in [4.78, 5) is 4.84. The fourth-order valence-electron chi connectivity index (χ4n) is 3.55. The molecule has 0 unspecified atom stereocenters. The fraction of sp³-hybridized carbons (Fsp3) is 0.0909. The Morgan fingerprint density at radius 3 is 2.61 bits per heavy atom. The number of phenolic OH excluding ortho intramolecular Hbond substituents is 1. The van der Waals surface area contributed by atoms with Crippen LogP contribution in [0.1, 0.15) is 18.1 Å². The molecule has 1 heterocycles. The van der Waals surface area contributed by atoms with Crippen LogP contribution in [0.3, 0.4) is 0 Å². The summed E-state index contributed by atoms with van der Waals surface area (Å²) >= 11 is 6.27. The first-order valence-electron chi connectivity index (χ1n) is 8.90. The van der Waals surface area contributed by atoms with Crippen LogP contribution in [-0.2, 0) is 0 Å². The van der Waals surface area contributed by atoms with Crippen molar-refractivity contribution < 1.29 is 14.4 Å². The average Bonchev–Trinajstić information content (AvgIpc) is 3.15. The summed E-state index contributed by atoms with van der Waals surface area (Å²) in [6.07, 6.45) is 0. The molecule has 1 aliphatic rings. The maximum Gasteiger partial charge on any atom is 0.176 e. The Morgan fingerprint density at radius 2 is 1.86 bits per heavy atom. The molecule has 0 amide bonds. The number of benzene rings is 3. The van der Waals surface area contributed by atoms with E-state index in [4.69, 9.17) is 25.9 Å². The van der Waals surface area contributed by atoms with Gasteiger partial charge in [0.15, 0.2) is 5.76 Å². The van der Waals surface area contributed by atoms with Crippen LogP contribution in [0, 0.1) is 0 Å². The maximum absolute atomic E-state index is 10.7. The lowest BCUT2D eigenvalue weighted by molar-refractivity contribution is 0.340. The van der Waals surface area contributed by atoms with Crippen molar-refractivity contribution in [1.29, 1.82) is 0 Å². The van der Waals surface area contributed by atoms with Gasteiger partial charge in [0, 0.05) is 17.2 Å². The van der Waals surface area contributed by atoms with E-state index in [0.29, 0.717) is 39.6 Å². The molecule has 1 N–H and O–H groups in total. The number of halogens is 1. The van der Waals surface area contributed by atoms with Crippen molar-refractivity contribution in [3.05, 3.63) is 70.7 Å². The highest BCUT2D eigenvalue weighted by molar-refractivity contribution is 6.38. The summed E-state index contributed by atoms with van der Waals surface area (Å²) in [7, 11) is 0. The van der Waals surface area contributed by atoms with Crippen molar-refractivity contribution in [2.24, 2.45) is 4.99 Å². The number of aliphatic imine (C=N–C) groups is 1. The molecule has 4 aromatic rings. The van der Waals surface area contributed by atoms with E-state index in [-0.39, 0.29) is 5.75 Å². The maximum atomic E-state index is 10.7. The van der Waals surface area contributed by atoms with Gasteiger partial charge >= 0.3 is 0 Å². The first-order valence-corrected chi connectivity index (χ1v) is 9.27. The van der Waals surface area contributed by atoms with Crippen LogP contribution in [-0.4, -0.2) is 22.6 Å². The second-order valence-corrected chi connectivity index (χ2v) is 6.83. The van der Waals surface area contributed by atoms with Crippen LogP contribution in [0.4, 0.5) is 5.69 Å². The molecule has 138 valence electrons. The molecule has 6 heteroatoms. The summed E-state index contributed by atoms with van der Waals surface area (Å²) in [5.74, 6) is 1.42. The number of fused-ring (bicyclic) bond motifs is 2. The third-order valence-electron chi connectivity index (χ3n) is 4.74. The van der Waals surface area contributed by atoms with Gasteiger partial charge in [-0.3, -0.25) is 0 Å². The van der Waals surface area contributed by atoms with Gasteiger partial charge in [0.2, 0.25) is 0 Å². The molecule has 0 saturated carbocycles. The van der Waals surface area contributed by atoms with E-state index in [1.807, 2.05) is 55.5 Å². The van der Waals surface area contributed by atoms with E-state index in [1.54, 1.807) is 0 Å². The molecule has 0 aliphatic heterocycles. The van der Waals surface area contributed by atoms with E-state index in [9.17, 15) is 5.11 Å². The third kappa shape index (κ3) is 2.47. The zero-order valence-electron chi connectivity index (χ0n) is 14.9. The number of nitrogens with zero attached hydrogens (tertiary/aromatic N) is 2. The minimum atomic E-state index is 0.0427. The molecular weight excluding hydrogens is 376 g/mol. The van der Waals surface area contributed by atoms with Gasteiger partial charge < -0.3 is 14.4 Å². The lowest BCUT2D eigenvalue weighted by Crippen LogP contribution is -2.10. The predicted molar refractivity (Wildman–Crippen MR) is 109 cm³/mol. The summed E-state index contributed by atoms with van der Waals surface area (Å²) < 4.78 is 11.1. The van der Waals surface area contributed by atoms with Crippen LogP contribution in [0.25, 0.3) is 22.2 Å². The highest BCUT2D eigenvalue weighted by Crippen LogP contribution is 2.45. The Labute approximate surface area is 165 Å². The quantitative estimate of drug-likeness (QED) is 0.427. The largest absolute Gasteiger partial charge is 0.507 e. The number of hydrogen-bond acceptors (Lipinski definition) is 5. The van der Waals surface area contributed by atoms with Gasteiger partial charge in [-0.1, -0.05) is 41.0 Å². The minimum absolute atomic E-state index is 0.0427. The number of phenols is 1. The van der Waals surface area contributed by atoms with Gasteiger partial charge in [-0.2, -0.15) is 0 Å². The molecule has 1 aliphatic carbocycles. The van der Waals surface area contributed by atoms with Gasteiger partial charge in [0.05, 0.1) is 34.0 Å². The summed E-state index contributed by atoms with van der Waals surface area (Å²) in [6.45, 7) is 2.55. The molecule has 0 saturated heterocycles. The highest BCUT2D eigenvalue weighted by atomic mass is 35.5. The van der Waals surface area contributed by atoms with Gasteiger partial charge in [-0.25, -0.2) is 4.99 Å². The topological polar surface area (TPSA) is 67.9 Å². The van der Waals surface area contributed by atoms with E-state index in [1.165, 1.54) is 6.07 Å². The van der Waals surface area contributed by atoms with E-state index in [0.717, 1.165) is 22.6 Å². The van der Waals surface area contributed by atoms with Crippen LogP contribution < -0.4 is 4.74 Å². The minimum Gasteiger partial charge on any atom is -0.507 e. The van der Waals surface area contributed by atoms with Crippen molar-refractivity contribution in [3.63, 3.8) is 0 Å². The lowest BCUT2D eigenvalue weighted by atomic mass is 9.86. The number of ether oxygens (including phenoxy) is 1. The van der Waals surface area contributed by atoms with E-state index < -0.39 is 0 Å². The van der Waals surface area contributed by atoms with Crippen molar-refractivity contribution in [2.75, 3.05) is 6.61 Å². The Morgan fingerprint density at radius 1 is 1.11 bits per heavy atom. The smallest absolute Gasteiger partial charge is 0.176 e. The molecule has 5 nitrogen and oxygen atoms in total. The molecule has 0 radical (unpaired) electrons. The van der Waals surface area contributed by atoms with Crippen LogP contribution in [0.15, 0.2) is 64.1 Å². The van der Waals surface area contributed by atoms with Crippen molar-refractivity contribution in [3.8, 4) is 22.8 Å². The highest BCUT2D eigenvalue weighted by Gasteiger charge is 2.31. The molecule has 0 spiro atoms. The Balaban J connectivity index is 1.79. The monoisotopic (exact) mass is 390 g/mol. The summed E-state index contributed by atoms with van der Waals surface area (Å²) in [6, 6.07) is 16.8. The SMILES string of the molecule is CCOc1ccc(N=C2c3ccccc3-c3onc4c(Cl)cc(O)c2c34)cc1. The molecule has 3 aromatic carbocycles. The summed E-state index contributed by atoms with van der Waals surface area (Å²) in [5, 5.41) is 15.8. The van der Waals surface area contributed by atoms with E-state index >= 15 is 0 Å². The summed E-state index contributed by atoms with van der Waals surface area (Å²) in [5.41, 5.74) is 4.20. The number of hydrogen-bond donors (Lipinski definition) is 1. The molecule has 28 heavy (non-hydrogen) atoms. The van der Waals surface area contributed by atoms with Crippen LogP contribution in [0.2, 0.25) is 5.02 Å². The third-order valence-corrected chi connectivity index (χ3v) is 5.03. The molecule has 0 fully saturated rings. The fourth-order valence-corrected chi connectivity index (χ4v) is 3.78. The number of aromatic nitrogens is 1. The number of aromatic hydroxyl groups is 1. The molecular formula is C22H15ClN2O3. The second-order valence-electron chi connectivity index (χ2n) is 6.42. The standard InChI is InChI=1S/C22H15ClN2O3/c1-2-27-13-9-7-12(8-10-13)24-20-14-5-3-4-6-15(14)22-19-18(20)17(26)11-16(23)21(19)25-28-22/h3-11,26H,2H2,1H3. The van der Waals surface area contributed by atoms with Crippen molar-refractivity contribution >= 4 is 33.9 Å². The van der Waals surface area contributed by atoms with Crippen LogP contribution >= 0.6 is 11.6 Å². The second kappa shape index (κ2) is 6.39. The van der Waals surface area contributed by atoms with E-state index in [2.05, 4.69) is 5.16 Å².